The second kappa shape index (κ2) is 6.18. The molecule has 0 unspecified atom stereocenters. The number of fused-ring (bicyclic) bond motifs is 1. The van der Waals surface area contributed by atoms with Crippen LogP contribution in [-0.4, -0.2) is 23.3 Å². The van der Waals surface area contributed by atoms with Crippen molar-refractivity contribution in [2.24, 2.45) is 0 Å². The van der Waals surface area contributed by atoms with E-state index in [-0.39, 0.29) is 18.2 Å². The maximum absolute atomic E-state index is 11.8. The number of amides is 1. The Hall–Kier alpha value is -2.73. The molecule has 0 saturated heterocycles. The first kappa shape index (κ1) is 15.2. The van der Waals surface area contributed by atoms with Crippen molar-refractivity contribution >= 4 is 46.1 Å². The van der Waals surface area contributed by atoms with Gasteiger partial charge in [-0.25, -0.2) is 0 Å². The Morgan fingerprint density at radius 2 is 1.87 bits per heavy atom. The smallest absolute Gasteiger partial charge is 0.244 e. The molecule has 0 bridgehead atoms. The fraction of sp³-hybridized carbons (Fsp3) is 0.118. The number of hydrogen-bond acceptors (Lipinski definition) is 3. The summed E-state index contributed by atoms with van der Waals surface area (Å²) >= 11 is 5.44. The highest BCUT2D eigenvalue weighted by Crippen LogP contribution is 2.29. The molecule has 0 aromatic heterocycles. The third kappa shape index (κ3) is 3.22. The molecular weight excluding hydrogens is 310 g/mol. The van der Waals surface area contributed by atoms with Crippen LogP contribution in [0, 0.1) is 0 Å². The quantitative estimate of drug-likeness (QED) is 0.656. The number of nitrogens with one attached hydrogen (secondary N) is 2. The van der Waals surface area contributed by atoms with Crippen molar-refractivity contribution in [1.29, 1.82) is 0 Å². The fourth-order valence-corrected chi connectivity index (χ4v) is 2.67. The highest BCUT2D eigenvalue weighted by molar-refractivity contribution is 7.80. The summed E-state index contributed by atoms with van der Waals surface area (Å²) < 4.78 is 0. The van der Waals surface area contributed by atoms with Gasteiger partial charge in [-0.15, -0.1) is 0 Å². The summed E-state index contributed by atoms with van der Waals surface area (Å²) in [7, 11) is 0. The lowest BCUT2D eigenvalue weighted by Gasteiger charge is -2.31. The van der Waals surface area contributed by atoms with Crippen LogP contribution in [0.5, 0.6) is 0 Å². The number of thiocarbonyl (C=S) groups is 1. The molecule has 1 aliphatic rings. The first-order valence-corrected chi connectivity index (χ1v) is 7.54. The molecule has 2 aromatic carbocycles. The topological polar surface area (TPSA) is 61.4 Å². The largest absolute Gasteiger partial charge is 0.332 e. The van der Waals surface area contributed by atoms with Crippen LogP contribution < -0.4 is 15.5 Å². The number of para-hydroxylation sites is 2. The van der Waals surface area contributed by atoms with Gasteiger partial charge in [0.15, 0.2) is 10.9 Å². The summed E-state index contributed by atoms with van der Waals surface area (Å²) in [4.78, 5) is 24.9. The van der Waals surface area contributed by atoms with Crippen molar-refractivity contribution in [2.45, 2.75) is 6.92 Å². The van der Waals surface area contributed by atoms with E-state index in [1.807, 2.05) is 24.3 Å². The van der Waals surface area contributed by atoms with Crippen LogP contribution in [-0.2, 0) is 4.79 Å². The lowest BCUT2D eigenvalue weighted by atomic mass is 10.1. The summed E-state index contributed by atoms with van der Waals surface area (Å²) in [6.45, 7) is 1.69. The van der Waals surface area contributed by atoms with Crippen molar-refractivity contribution in [3.63, 3.8) is 0 Å². The maximum atomic E-state index is 11.8. The van der Waals surface area contributed by atoms with Gasteiger partial charge in [0.05, 0.1) is 11.4 Å². The number of rotatable bonds is 2. The molecule has 0 atom stereocenters. The van der Waals surface area contributed by atoms with E-state index < -0.39 is 0 Å². The van der Waals surface area contributed by atoms with Crippen LogP contribution in [0.4, 0.5) is 17.1 Å². The van der Waals surface area contributed by atoms with Gasteiger partial charge in [-0.1, -0.05) is 12.1 Å². The standard InChI is InChI=1S/C17H15N3O2S/c1-11(21)12-6-8-13(9-7-12)18-17(23)20-10-16(22)19-14-4-2-3-5-15(14)20/h2-9H,10H2,1H3,(H,18,23)(H,19,22). The van der Waals surface area contributed by atoms with Crippen LogP contribution in [0.15, 0.2) is 48.5 Å². The van der Waals surface area contributed by atoms with Gasteiger partial charge >= 0.3 is 0 Å². The van der Waals surface area contributed by atoms with Gasteiger partial charge in [0, 0.05) is 11.3 Å². The van der Waals surface area contributed by atoms with Gasteiger partial charge < -0.3 is 15.5 Å². The number of benzene rings is 2. The predicted molar refractivity (Wildman–Crippen MR) is 95.1 cm³/mol. The van der Waals surface area contributed by atoms with Gasteiger partial charge in [-0.2, -0.15) is 0 Å². The number of ketones is 1. The molecule has 1 heterocycles. The van der Waals surface area contributed by atoms with E-state index >= 15 is 0 Å². The minimum Gasteiger partial charge on any atom is -0.332 e. The van der Waals surface area contributed by atoms with Crippen LogP contribution in [0.25, 0.3) is 0 Å². The molecule has 23 heavy (non-hydrogen) atoms. The number of carbonyl (C=O) groups excluding carboxylic acids is 2. The zero-order valence-corrected chi connectivity index (χ0v) is 13.3. The summed E-state index contributed by atoms with van der Waals surface area (Å²) in [5, 5.41) is 6.36. The highest BCUT2D eigenvalue weighted by atomic mass is 32.1. The van der Waals surface area contributed by atoms with Gasteiger partial charge in [0.25, 0.3) is 0 Å². The molecule has 0 aliphatic carbocycles. The first-order chi connectivity index (χ1) is 11.0. The molecule has 1 aliphatic heterocycles. The van der Waals surface area contributed by atoms with E-state index in [0.717, 1.165) is 17.1 Å². The Morgan fingerprint density at radius 1 is 1.17 bits per heavy atom. The van der Waals surface area contributed by atoms with E-state index in [1.165, 1.54) is 6.92 Å². The van der Waals surface area contributed by atoms with Gasteiger partial charge in [-0.05, 0) is 55.5 Å². The minimum absolute atomic E-state index is 0.0146. The van der Waals surface area contributed by atoms with Crippen molar-refractivity contribution in [1.82, 2.24) is 0 Å². The first-order valence-electron chi connectivity index (χ1n) is 7.13. The maximum Gasteiger partial charge on any atom is 0.244 e. The molecule has 5 nitrogen and oxygen atoms in total. The molecule has 0 spiro atoms. The van der Waals surface area contributed by atoms with Crippen LogP contribution in [0.2, 0.25) is 0 Å². The second-order valence-corrected chi connectivity index (χ2v) is 5.60. The normalized spacial score (nSPS) is 13.1. The van der Waals surface area contributed by atoms with Crippen LogP contribution in [0.1, 0.15) is 17.3 Å². The van der Waals surface area contributed by atoms with E-state index in [4.69, 9.17) is 12.2 Å². The third-order valence-electron chi connectivity index (χ3n) is 3.56. The van der Waals surface area contributed by atoms with Crippen LogP contribution >= 0.6 is 12.2 Å². The molecule has 0 fully saturated rings. The zero-order valence-electron chi connectivity index (χ0n) is 12.5. The molecule has 1 amide bonds. The van der Waals surface area contributed by atoms with Crippen molar-refractivity contribution in [3.05, 3.63) is 54.1 Å². The molecular formula is C17H15N3O2S. The Bertz CT molecular complexity index is 787. The van der Waals surface area contributed by atoms with E-state index in [9.17, 15) is 9.59 Å². The molecule has 116 valence electrons. The van der Waals surface area contributed by atoms with Crippen molar-refractivity contribution in [2.75, 3.05) is 22.1 Å². The van der Waals surface area contributed by atoms with Gasteiger partial charge in [0.2, 0.25) is 5.91 Å². The molecule has 0 saturated carbocycles. The molecule has 2 N–H and O–H groups in total. The lowest BCUT2D eigenvalue weighted by molar-refractivity contribution is -0.115. The SMILES string of the molecule is CC(=O)c1ccc(NC(=S)N2CC(=O)Nc3ccccc32)cc1. The van der Waals surface area contributed by atoms with Gasteiger partial charge in [0.1, 0.15) is 6.54 Å². The second-order valence-electron chi connectivity index (χ2n) is 5.22. The zero-order chi connectivity index (χ0) is 16.4. The fourth-order valence-electron chi connectivity index (χ4n) is 2.39. The average Bonchev–Trinajstić information content (AvgIpc) is 2.54. The summed E-state index contributed by atoms with van der Waals surface area (Å²) in [5.74, 6) is -0.0967. The lowest BCUT2D eigenvalue weighted by Crippen LogP contribution is -2.44. The molecule has 6 heteroatoms. The van der Waals surface area contributed by atoms with E-state index in [2.05, 4.69) is 10.6 Å². The third-order valence-corrected chi connectivity index (χ3v) is 3.88. The van der Waals surface area contributed by atoms with Gasteiger partial charge in [-0.3, -0.25) is 9.59 Å². The van der Waals surface area contributed by atoms with E-state index in [1.54, 1.807) is 29.2 Å². The number of carbonyl (C=O) groups is 2. The van der Waals surface area contributed by atoms with Crippen molar-refractivity contribution in [3.8, 4) is 0 Å². The monoisotopic (exact) mass is 325 g/mol. The molecule has 3 rings (SSSR count). The predicted octanol–water partition coefficient (Wildman–Crippen LogP) is 3.04. The summed E-state index contributed by atoms with van der Waals surface area (Å²) in [5.41, 5.74) is 3.00. The Kier molecular flexibility index (Phi) is 4.08. The minimum atomic E-state index is -0.111. The Morgan fingerprint density at radius 3 is 2.57 bits per heavy atom. The number of hydrogen-bond donors (Lipinski definition) is 2. The average molecular weight is 325 g/mol. The Balaban J connectivity index is 1.81. The summed E-state index contributed by atoms with van der Waals surface area (Å²) in [6, 6.07) is 14.6. The Labute approximate surface area is 139 Å². The number of anilines is 3. The number of Topliss-reactive ketones (excluding diaryl/α,β-unsaturated/α-hetero) is 1. The van der Waals surface area contributed by atoms with Crippen LogP contribution in [0.3, 0.4) is 0 Å². The highest BCUT2D eigenvalue weighted by Gasteiger charge is 2.24. The summed E-state index contributed by atoms with van der Waals surface area (Å²) in [6.07, 6.45) is 0. The molecule has 0 radical (unpaired) electrons. The molecule has 2 aromatic rings. The van der Waals surface area contributed by atoms with Crippen molar-refractivity contribution < 1.29 is 9.59 Å². The number of nitrogens with zero attached hydrogens (tertiary/aromatic N) is 1. The van der Waals surface area contributed by atoms with E-state index in [0.29, 0.717) is 10.7 Å².